The van der Waals surface area contributed by atoms with Gasteiger partial charge < -0.3 is 15.2 Å². The van der Waals surface area contributed by atoms with Gasteiger partial charge in [-0.2, -0.15) is 13.2 Å². The zero-order valence-corrected chi connectivity index (χ0v) is 19.1. The van der Waals surface area contributed by atoms with Gasteiger partial charge in [0.1, 0.15) is 18.4 Å². The average Bonchev–Trinajstić information content (AvgIpc) is 2.80. The highest BCUT2D eigenvalue weighted by Crippen LogP contribution is 2.33. The van der Waals surface area contributed by atoms with Crippen LogP contribution in [-0.2, 0) is 17.6 Å². The van der Waals surface area contributed by atoms with E-state index in [9.17, 15) is 27.9 Å². The molecule has 0 saturated carbocycles. The molecule has 3 aromatic carbocycles. The van der Waals surface area contributed by atoms with E-state index >= 15 is 0 Å². The number of nitrogens with one attached hydrogen (secondary N) is 1. The summed E-state index contributed by atoms with van der Waals surface area (Å²) in [6.07, 6.45) is -3.91. The molecule has 0 heterocycles. The van der Waals surface area contributed by atoms with Crippen LogP contribution in [-0.4, -0.2) is 23.0 Å². The van der Waals surface area contributed by atoms with Gasteiger partial charge in [0.15, 0.2) is 0 Å². The summed E-state index contributed by atoms with van der Waals surface area (Å²) >= 11 is 0. The van der Waals surface area contributed by atoms with Crippen LogP contribution in [0.5, 0.6) is 5.75 Å². The quantitative estimate of drug-likeness (QED) is 0.417. The Kier molecular flexibility index (Phi) is 7.19. The Morgan fingerprint density at radius 3 is 2.24 bits per heavy atom. The molecular formula is C26H26F3NO4. The molecule has 3 rings (SSSR count). The van der Waals surface area contributed by atoms with Crippen molar-refractivity contribution < 1.29 is 32.6 Å². The summed E-state index contributed by atoms with van der Waals surface area (Å²) in [7, 11) is 0. The number of ether oxygens (including phenoxy) is 1. The molecule has 5 nitrogen and oxygen atoms in total. The van der Waals surface area contributed by atoms with E-state index in [1.165, 1.54) is 12.1 Å². The first-order valence-corrected chi connectivity index (χ1v) is 10.8. The normalized spacial score (nSPS) is 12.9. The van der Waals surface area contributed by atoms with Crippen molar-refractivity contribution in [3.63, 3.8) is 0 Å². The zero-order chi connectivity index (χ0) is 25.1. The van der Waals surface area contributed by atoms with Crippen molar-refractivity contribution in [2.45, 2.75) is 46.0 Å². The largest absolute Gasteiger partial charge is 0.487 e. The van der Waals surface area contributed by atoms with E-state index in [-0.39, 0.29) is 17.9 Å². The predicted molar refractivity (Wildman–Crippen MR) is 123 cm³/mol. The molecule has 0 aromatic heterocycles. The number of hydrogen-bond donors (Lipinski definition) is 2. The number of alkyl halides is 3. The minimum absolute atomic E-state index is 0.0742. The van der Waals surface area contributed by atoms with Gasteiger partial charge in [-0.15, -0.1) is 0 Å². The molecule has 0 aliphatic rings. The third-order valence-electron chi connectivity index (χ3n) is 6.00. The first-order valence-electron chi connectivity index (χ1n) is 10.8. The topological polar surface area (TPSA) is 75.6 Å². The number of aliphatic carboxylic acids is 1. The van der Waals surface area contributed by atoms with Gasteiger partial charge in [-0.1, -0.05) is 63.2 Å². The summed E-state index contributed by atoms with van der Waals surface area (Å²) in [6, 6.07) is 13.9. The van der Waals surface area contributed by atoms with Crippen LogP contribution in [0, 0.1) is 5.41 Å². The number of carbonyl (C=O) groups is 2. The van der Waals surface area contributed by atoms with Crippen molar-refractivity contribution in [3.8, 4) is 5.75 Å². The number of amides is 1. The summed E-state index contributed by atoms with van der Waals surface area (Å²) in [5, 5.41) is 13.7. The van der Waals surface area contributed by atoms with Gasteiger partial charge in [0.25, 0.3) is 5.91 Å². The molecule has 0 unspecified atom stereocenters. The zero-order valence-electron chi connectivity index (χ0n) is 19.1. The van der Waals surface area contributed by atoms with E-state index < -0.39 is 35.1 Å². The first kappa shape index (κ1) is 25.1. The number of benzene rings is 3. The first-order chi connectivity index (χ1) is 15.9. The lowest BCUT2D eigenvalue weighted by molar-refractivity contribution is -0.142. The number of carboxylic acids is 1. The van der Waals surface area contributed by atoms with Gasteiger partial charge in [0.2, 0.25) is 0 Å². The molecule has 180 valence electrons. The van der Waals surface area contributed by atoms with Crippen LogP contribution >= 0.6 is 0 Å². The lowest BCUT2D eigenvalue weighted by Gasteiger charge is -2.31. The molecule has 0 bridgehead atoms. The minimum Gasteiger partial charge on any atom is -0.487 e. The van der Waals surface area contributed by atoms with Crippen molar-refractivity contribution in [2.75, 3.05) is 0 Å². The smallest absolute Gasteiger partial charge is 0.416 e. The highest BCUT2D eigenvalue weighted by atomic mass is 19.4. The van der Waals surface area contributed by atoms with Gasteiger partial charge in [0.05, 0.1) is 11.1 Å². The van der Waals surface area contributed by atoms with Crippen LogP contribution in [0.4, 0.5) is 13.2 Å². The molecular weight excluding hydrogens is 447 g/mol. The molecule has 0 aliphatic carbocycles. The Bertz CT molecular complexity index is 1190. The number of halogens is 3. The molecule has 2 N–H and O–H groups in total. The lowest BCUT2D eigenvalue weighted by Crippen LogP contribution is -2.50. The van der Waals surface area contributed by atoms with E-state index in [4.69, 9.17) is 4.74 Å². The third kappa shape index (κ3) is 5.50. The fraction of sp³-hybridized carbons (Fsp3) is 0.308. The van der Waals surface area contributed by atoms with E-state index in [0.29, 0.717) is 17.4 Å². The second-order valence-electron chi connectivity index (χ2n) is 8.73. The number of hydrogen-bond acceptors (Lipinski definition) is 3. The molecule has 1 amide bonds. The summed E-state index contributed by atoms with van der Waals surface area (Å²) in [5.41, 5.74) is -0.828. The molecule has 0 spiro atoms. The fourth-order valence-electron chi connectivity index (χ4n) is 3.53. The molecule has 0 saturated heterocycles. The van der Waals surface area contributed by atoms with Gasteiger partial charge in [-0.25, -0.2) is 4.79 Å². The highest BCUT2D eigenvalue weighted by Gasteiger charge is 2.36. The van der Waals surface area contributed by atoms with E-state index in [2.05, 4.69) is 5.32 Å². The maximum atomic E-state index is 13.2. The third-order valence-corrected chi connectivity index (χ3v) is 6.00. The van der Waals surface area contributed by atoms with Crippen LogP contribution in [0.3, 0.4) is 0 Å². The summed E-state index contributed by atoms with van der Waals surface area (Å²) in [6.45, 7) is 5.29. The van der Waals surface area contributed by atoms with Gasteiger partial charge in [-0.3, -0.25) is 4.79 Å². The Hall–Kier alpha value is -3.55. The van der Waals surface area contributed by atoms with Crippen molar-refractivity contribution >= 4 is 22.6 Å². The standard InChI is InChI=1S/C26H26F3NO4/c1-4-25(2,3)22(24(32)33)30-23(31)20-14-11-17-7-5-6-8-19(17)21(20)34-15-16-9-12-18(13-10-16)26(27,28)29/h5-14,22H,4,15H2,1-3H3,(H,30,31)(H,32,33)/t22-/m1/s1. The van der Waals surface area contributed by atoms with Gasteiger partial charge >= 0.3 is 12.1 Å². The second kappa shape index (κ2) is 9.75. The van der Waals surface area contributed by atoms with Crippen LogP contribution in [0.25, 0.3) is 10.8 Å². The number of rotatable bonds is 8. The Morgan fingerprint density at radius 2 is 1.65 bits per heavy atom. The van der Waals surface area contributed by atoms with Crippen molar-refractivity contribution in [1.29, 1.82) is 0 Å². The SMILES string of the molecule is CCC(C)(C)[C@H](NC(=O)c1ccc2ccccc2c1OCc1ccc(C(F)(F)F)cc1)C(=O)O. The molecule has 8 heteroatoms. The molecule has 0 fully saturated rings. The van der Waals surface area contributed by atoms with Crippen LogP contribution < -0.4 is 10.1 Å². The molecule has 0 aliphatic heterocycles. The van der Waals surface area contributed by atoms with Crippen LogP contribution in [0.15, 0.2) is 60.7 Å². The highest BCUT2D eigenvalue weighted by molar-refractivity contribution is 6.05. The summed E-state index contributed by atoms with van der Waals surface area (Å²) in [4.78, 5) is 25.0. The number of fused-ring (bicyclic) bond motifs is 1. The Balaban J connectivity index is 1.94. The average molecular weight is 473 g/mol. The minimum atomic E-state index is -4.44. The lowest BCUT2D eigenvalue weighted by atomic mass is 9.81. The predicted octanol–water partition coefficient (Wildman–Crippen LogP) is 6.06. The summed E-state index contributed by atoms with van der Waals surface area (Å²) in [5.74, 6) is -1.52. The van der Waals surface area contributed by atoms with E-state index in [1.54, 1.807) is 38.1 Å². The molecule has 0 radical (unpaired) electrons. The number of carbonyl (C=O) groups excluding carboxylic acids is 1. The number of carboxylic acid groups (broad SMARTS) is 1. The van der Waals surface area contributed by atoms with Crippen molar-refractivity contribution in [3.05, 3.63) is 77.4 Å². The second-order valence-corrected chi connectivity index (χ2v) is 8.73. The molecule has 34 heavy (non-hydrogen) atoms. The Morgan fingerprint density at radius 1 is 1.00 bits per heavy atom. The summed E-state index contributed by atoms with van der Waals surface area (Å²) < 4.78 is 44.5. The van der Waals surface area contributed by atoms with Gasteiger partial charge in [0, 0.05) is 5.39 Å². The van der Waals surface area contributed by atoms with Crippen LogP contribution in [0.2, 0.25) is 0 Å². The van der Waals surface area contributed by atoms with Gasteiger partial charge in [-0.05, 0) is 41.0 Å². The maximum absolute atomic E-state index is 13.2. The van der Waals surface area contributed by atoms with E-state index in [0.717, 1.165) is 17.5 Å². The van der Waals surface area contributed by atoms with Crippen molar-refractivity contribution in [1.82, 2.24) is 5.32 Å². The molecule has 3 aromatic rings. The van der Waals surface area contributed by atoms with Crippen LogP contribution in [0.1, 0.15) is 48.7 Å². The monoisotopic (exact) mass is 473 g/mol. The Labute approximate surface area is 195 Å². The van der Waals surface area contributed by atoms with Crippen molar-refractivity contribution in [2.24, 2.45) is 5.41 Å². The maximum Gasteiger partial charge on any atom is 0.416 e. The van der Waals surface area contributed by atoms with E-state index in [1.807, 2.05) is 19.1 Å². The molecule has 1 atom stereocenters. The fourth-order valence-corrected chi connectivity index (χ4v) is 3.53.